The van der Waals surface area contributed by atoms with Gasteiger partial charge in [0, 0.05) is 10.5 Å². The molecule has 1 atom stereocenters. The molecule has 1 aromatic carbocycles. The lowest BCUT2D eigenvalue weighted by molar-refractivity contribution is -0.175. The molecule has 0 aliphatic carbocycles. The minimum Gasteiger partial charge on any atom is -0.370 e. The first-order chi connectivity index (χ1) is 8.90. The Hall–Kier alpha value is -0.590. The Morgan fingerprint density at radius 2 is 2.11 bits per heavy atom. The first-order valence-corrected chi connectivity index (χ1v) is 6.82. The highest BCUT2D eigenvalue weighted by Gasteiger charge is 2.27. The van der Waals surface area contributed by atoms with Gasteiger partial charge in [-0.15, -0.1) is 0 Å². The Bertz CT molecular complexity index is 384. The summed E-state index contributed by atoms with van der Waals surface area (Å²) < 4.78 is 41.7. The Kier molecular flexibility index (Phi) is 6.82. The van der Waals surface area contributed by atoms with Crippen molar-refractivity contribution in [3.05, 3.63) is 34.3 Å². The van der Waals surface area contributed by atoms with E-state index in [1.54, 1.807) is 0 Å². The summed E-state index contributed by atoms with van der Waals surface area (Å²) in [5.74, 6) is 0. The van der Waals surface area contributed by atoms with Gasteiger partial charge in [0.2, 0.25) is 0 Å². The minimum absolute atomic E-state index is 0.0415. The zero-order valence-electron chi connectivity index (χ0n) is 10.6. The summed E-state index contributed by atoms with van der Waals surface area (Å²) in [6.07, 6.45) is -3.64. The molecule has 0 bridgehead atoms. The van der Waals surface area contributed by atoms with Gasteiger partial charge in [-0.1, -0.05) is 35.0 Å². The fraction of sp³-hybridized carbons (Fsp3) is 0.538. The average molecular weight is 340 g/mol. The number of hydrogen-bond donors (Lipinski definition) is 1. The van der Waals surface area contributed by atoms with E-state index in [1.807, 2.05) is 31.2 Å². The number of halogens is 4. The van der Waals surface area contributed by atoms with Crippen molar-refractivity contribution in [2.45, 2.75) is 25.6 Å². The van der Waals surface area contributed by atoms with Crippen LogP contribution in [-0.4, -0.2) is 32.0 Å². The van der Waals surface area contributed by atoms with Crippen molar-refractivity contribution in [2.75, 3.05) is 19.8 Å². The molecule has 0 saturated heterocycles. The number of benzene rings is 1. The van der Waals surface area contributed by atoms with Gasteiger partial charge >= 0.3 is 6.18 Å². The molecule has 1 rings (SSSR count). The second-order valence-electron chi connectivity index (χ2n) is 4.22. The standard InChI is InChI=1S/C13H17BrF3NO/c1-2-18-12(8-19-9-13(15,16)17)7-10-4-3-5-11(14)6-10/h3-6,12,18H,2,7-9H2,1H3. The van der Waals surface area contributed by atoms with E-state index in [4.69, 9.17) is 4.74 Å². The summed E-state index contributed by atoms with van der Waals surface area (Å²) in [5.41, 5.74) is 1.05. The van der Waals surface area contributed by atoms with Gasteiger partial charge in [0.25, 0.3) is 0 Å². The number of nitrogens with one attached hydrogen (secondary N) is 1. The highest BCUT2D eigenvalue weighted by molar-refractivity contribution is 9.10. The fourth-order valence-electron chi connectivity index (χ4n) is 1.74. The van der Waals surface area contributed by atoms with Crippen LogP contribution in [-0.2, 0) is 11.2 Å². The molecular formula is C13H17BrF3NO. The number of likely N-dealkylation sites (N-methyl/N-ethyl adjacent to an activating group) is 1. The first kappa shape index (κ1) is 16.5. The van der Waals surface area contributed by atoms with Crippen molar-refractivity contribution in [1.29, 1.82) is 0 Å². The maximum Gasteiger partial charge on any atom is 0.411 e. The minimum atomic E-state index is -4.27. The van der Waals surface area contributed by atoms with Crippen molar-refractivity contribution in [1.82, 2.24) is 5.32 Å². The van der Waals surface area contributed by atoms with E-state index in [2.05, 4.69) is 21.2 Å². The van der Waals surface area contributed by atoms with E-state index in [1.165, 1.54) is 0 Å². The molecule has 0 spiro atoms. The van der Waals surface area contributed by atoms with Crippen LogP contribution in [0.1, 0.15) is 12.5 Å². The highest BCUT2D eigenvalue weighted by Crippen LogP contribution is 2.16. The van der Waals surface area contributed by atoms with Gasteiger partial charge in [-0.25, -0.2) is 0 Å². The predicted octanol–water partition coefficient (Wildman–Crippen LogP) is 3.55. The summed E-state index contributed by atoms with van der Waals surface area (Å²) in [7, 11) is 0. The van der Waals surface area contributed by atoms with E-state index < -0.39 is 12.8 Å². The summed E-state index contributed by atoms with van der Waals surface area (Å²) in [6.45, 7) is 1.44. The lowest BCUT2D eigenvalue weighted by Crippen LogP contribution is -2.36. The molecule has 6 heteroatoms. The fourth-order valence-corrected chi connectivity index (χ4v) is 2.19. The largest absolute Gasteiger partial charge is 0.411 e. The molecule has 19 heavy (non-hydrogen) atoms. The van der Waals surface area contributed by atoms with Crippen LogP contribution in [0.4, 0.5) is 13.2 Å². The Morgan fingerprint density at radius 1 is 1.37 bits per heavy atom. The van der Waals surface area contributed by atoms with Gasteiger partial charge in [0.05, 0.1) is 6.61 Å². The number of hydrogen-bond acceptors (Lipinski definition) is 2. The zero-order valence-corrected chi connectivity index (χ0v) is 12.2. The predicted molar refractivity (Wildman–Crippen MR) is 72.2 cm³/mol. The second-order valence-corrected chi connectivity index (χ2v) is 5.13. The van der Waals surface area contributed by atoms with Crippen LogP contribution < -0.4 is 5.32 Å². The number of rotatable bonds is 7. The lowest BCUT2D eigenvalue weighted by Gasteiger charge is -2.18. The topological polar surface area (TPSA) is 21.3 Å². The van der Waals surface area contributed by atoms with Crippen LogP contribution in [0.5, 0.6) is 0 Å². The van der Waals surface area contributed by atoms with Crippen molar-refractivity contribution in [3.63, 3.8) is 0 Å². The summed E-state index contributed by atoms with van der Waals surface area (Å²) in [6, 6.07) is 7.58. The van der Waals surface area contributed by atoms with E-state index in [-0.39, 0.29) is 12.6 Å². The van der Waals surface area contributed by atoms with Crippen molar-refractivity contribution in [3.8, 4) is 0 Å². The van der Waals surface area contributed by atoms with E-state index in [9.17, 15) is 13.2 Å². The van der Waals surface area contributed by atoms with Crippen molar-refractivity contribution in [2.24, 2.45) is 0 Å². The Labute approximate surface area is 119 Å². The molecule has 0 aliphatic heterocycles. The third-order valence-corrected chi connectivity index (χ3v) is 2.94. The molecule has 2 nitrogen and oxygen atoms in total. The zero-order chi connectivity index (χ0) is 14.3. The first-order valence-electron chi connectivity index (χ1n) is 6.03. The summed E-state index contributed by atoms with van der Waals surface area (Å²) >= 11 is 3.37. The van der Waals surface area contributed by atoms with Crippen LogP contribution in [0.25, 0.3) is 0 Å². The molecule has 108 valence electrons. The van der Waals surface area contributed by atoms with Crippen LogP contribution in [0.15, 0.2) is 28.7 Å². The van der Waals surface area contributed by atoms with Crippen LogP contribution in [0.2, 0.25) is 0 Å². The molecule has 0 heterocycles. The quantitative estimate of drug-likeness (QED) is 0.820. The van der Waals surface area contributed by atoms with Gasteiger partial charge in [-0.2, -0.15) is 13.2 Å². The molecule has 0 aromatic heterocycles. The van der Waals surface area contributed by atoms with Crippen LogP contribution in [0.3, 0.4) is 0 Å². The van der Waals surface area contributed by atoms with Gasteiger partial charge in [0.1, 0.15) is 6.61 Å². The van der Waals surface area contributed by atoms with Crippen LogP contribution in [0, 0.1) is 0 Å². The van der Waals surface area contributed by atoms with Crippen molar-refractivity contribution < 1.29 is 17.9 Å². The molecule has 1 aromatic rings. The van der Waals surface area contributed by atoms with E-state index >= 15 is 0 Å². The third-order valence-electron chi connectivity index (χ3n) is 2.45. The number of alkyl halides is 3. The molecule has 1 N–H and O–H groups in total. The average Bonchev–Trinajstić information content (AvgIpc) is 2.27. The normalized spacial score (nSPS) is 13.5. The Balaban J connectivity index is 2.48. The smallest absolute Gasteiger partial charge is 0.370 e. The highest BCUT2D eigenvalue weighted by atomic mass is 79.9. The van der Waals surface area contributed by atoms with E-state index in [0.717, 1.165) is 10.0 Å². The van der Waals surface area contributed by atoms with Gasteiger partial charge < -0.3 is 10.1 Å². The summed E-state index contributed by atoms with van der Waals surface area (Å²) in [5, 5.41) is 3.13. The second kappa shape index (κ2) is 7.87. The molecule has 0 fully saturated rings. The number of ether oxygens (including phenoxy) is 1. The van der Waals surface area contributed by atoms with Crippen molar-refractivity contribution >= 4 is 15.9 Å². The monoisotopic (exact) mass is 339 g/mol. The van der Waals surface area contributed by atoms with Gasteiger partial charge in [0.15, 0.2) is 0 Å². The maximum atomic E-state index is 12.0. The van der Waals surface area contributed by atoms with Gasteiger partial charge in [-0.3, -0.25) is 0 Å². The van der Waals surface area contributed by atoms with Crippen LogP contribution >= 0.6 is 15.9 Å². The molecule has 0 saturated carbocycles. The lowest BCUT2D eigenvalue weighted by atomic mass is 10.1. The molecule has 0 aliphatic rings. The maximum absolute atomic E-state index is 12.0. The molecule has 1 unspecified atom stereocenters. The summed E-state index contributed by atoms with van der Waals surface area (Å²) in [4.78, 5) is 0. The Morgan fingerprint density at radius 3 is 2.68 bits per heavy atom. The molecule has 0 radical (unpaired) electrons. The van der Waals surface area contributed by atoms with E-state index in [0.29, 0.717) is 13.0 Å². The molecular weight excluding hydrogens is 323 g/mol. The third kappa shape index (κ3) is 7.54. The molecule has 0 amide bonds. The van der Waals surface area contributed by atoms with Gasteiger partial charge in [-0.05, 0) is 30.7 Å². The SMILES string of the molecule is CCNC(COCC(F)(F)F)Cc1cccc(Br)c1.